The van der Waals surface area contributed by atoms with E-state index < -0.39 is 17.4 Å². The summed E-state index contributed by atoms with van der Waals surface area (Å²) in [6.07, 6.45) is 8.79. The van der Waals surface area contributed by atoms with E-state index in [4.69, 9.17) is 9.99 Å². The second-order valence-electron chi connectivity index (χ2n) is 12.0. The fourth-order valence-corrected chi connectivity index (χ4v) is 3.75. The number of hydrogen-bond acceptors (Lipinski definition) is 7. The second-order valence-corrected chi connectivity index (χ2v) is 12.0. The number of aliphatic hydroxyl groups excluding tert-OH is 1. The molecule has 2 unspecified atom stereocenters. The Kier molecular flexibility index (Phi) is 15.1. The lowest BCUT2D eigenvalue weighted by Crippen LogP contribution is -2.36. The normalized spacial score (nSPS) is 15.1. The Morgan fingerprint density at radius 1 is 0.727 bits per heavy atom. The van der Waals surface area contributed by atoms with Gasteiger partial charge in [-0.05, 0) is 62.2 Å². The van der Waals surface area contributed by atoms with Crippen molar-refractivity contribution in [2.75, 3.05) is 6.61 Å². The van der Waals surface area contributed by atoms with Gasteiger partial charge in [0, 0.05) is 23.1 Å². The van der Waals surface area contributed by atoms with E-state index in [-0.39, 0.29) is 29.8 Å². The molecule has 0 spiro atoms. The standard InChI is InChI=1S/C26H50O7/c1-21(15-14-18-25(5,6)7)26(8,19-12-13-20-27)23(29)31-33-32-30-22(28)16-10-9-11-17-24(2,3)4/h21,27H,9-20H2,1-8H3. The smallest absolute Gasteiger partial charge is 0.351 e. The summed E-state index contributed by atoms with van der Waals surface area (Å²) in [7, 11) is 0. The molecule has 33 heavy (non-hydrogen) atoms. The molecule has 0 aliphatic rings. The summed E-state index contributed by atoms with van der Waals surface area (Å²) in [6.45, 7) is 17.1. The van der Waals surface area contributed by atoms with Gasteiger partial charge in [0.15, 0.2) is 0 Å². The highest BCUT2D eigenvalue weighted by atomic mass is 17.7. The molecule has 0 aromatic carbocycles. The lowest BCUT2D eigenvalue weighted by Gasteiger charge is -2.33. The molecular weight excluding hydrogens is 424 g/mol. The molecule has 0 aromatic heterocycles. The first-order valence-corrected chi connectivity index (χ1v) is 12.6. The molecule has 0 saturated heterocycles. The zero-order valence-corrected chi connectivity index (χ0v) is 22.5. The first-order chi connectivity index (χ1) is 15.2. The predicted octanol–water partition coefficient (Wildman–Crippen LogP) is 6.87. The molecule has 2 atom stereocenters. The summed E-state index contributed by atoms with van der Waals surface area (Å²) in [5.74, 6) is -1.09. The summed E-state index contributed by atoms with van der Waals surface area (Å²) in [5, 5.41) is 17.9. The minimum Gasteiger partial charge on any atom is -0.396 e. The van der Waals surface area contributed by atoms with Crippen LogP contribution in [-0.4, -0.2) is 23.7 Å². The van der Waals surface area contributed by atoms with E-state index in [1.807, 2.05) is 13.8 Å². The van der Waals surface area contributed by atoms with Crippen molar-refractivity contribution in [2.45, 2.75) is 126 Å². The SMILES string of the molecule is CC(CCCC(C)(C)C)C(C)(CCCCO)C(=O)OOOOC(=O)CCCCCC(C)(C)C. The Balaban J connectivity index is 4.44. The molecule has 0 amide bonds. The monoisotopic (exact) mass is 474 g/mol. The molecule has 0 heterocycles. The van der Waals surface area contributed by atoms with Crippen LogP contribution >= 0.6 is 0 Å². The summed E-state index contributed by atoms with van der Waals surface area (Å²) < 4.78 is 0. The van der Waals surface area contributed by atoms with E-state index in [2.05, 4.69) is 56.5 Å². The van der Waals surface area contributed by atoms with Crippen molar-refractivity contribution >= 4 is 11.9 Å². The zero-order valence-electron chi connectivity index (χ0n) is 22.5. The molecule has 0 bridgehead atoms. The molecule has 0 fully saturated rings. The molecule has 7 nitrogen and oxygen atoms in total. The summed E-state index contributed by atoms with van der Waals surface area (Å²) in [5.41, 5.74) is -0.271. The Labute approximate surface area is 201 Å². The fraction of sp³-hybridized carbons (Fsp3) is 0.923. The molecule has 0 aromatic rings. The minimum absolute atomic E-state index is 0.0466. The van der Waals surface area contributed by atoms with Crippen molar-refractivity contribution in [3.8, 4) is 0 Å². The molecule has 0 aliphatic carbocycles. The summed E-state index contributed by atoms with van der Waals surface area (Å²) in [6, 6.07) is 0. The maximum Gasteiger partial charge on any atom is 0.351 e. The first kappa shape index (κ1) is 31.8. The van der Waals surface area contributed by atoms with Gasteiger partial charge in [-0.15, -0.1) is 0 Å². The number of carbonyl (C=O) groups is 2. The second kappa shape index (κ2) is 15.7. The zero-order chi connectivity index (χ0) is 25.5. The van der Waals surface area contributed by atoms with Crippen LogP contribution in [0.4, 0.5) is 0 Å². The molecule has 7 heteroatoms. The van der Waals surface area contributed by atoms with Crippen molar-refractivity contribution in [1.29, 1.82) is 0 Å². The van der Waals surface area contributed by atoms with Crippen LogP contribution in [0.5, 0.6) is 0 Å². The molecule has 0 rings (SSSR count). The highest BCUT2D eigenvalue weighted by Crippen LogP contribution is 2.38. The van der Waals surface area contributed by atoms with Crippen LogP contribution < -0.4 is 0 Å². The van der Waals surface area contributed by atoms with Crippen LogP contribution in [-0.2, 0) is 29.4 Å². The molecule has 1 N–H and O–H groups in total. The third kappa shape index (κ3) is 16.1. The van der Waals surface area contributed by atoms with Crippen molar-refractivity contribution in [2.24, 2.45) is 22.2 Å². The minimum atomic E-state index is -0.798. The number of rotatable bonds is 17. The lowest BCUT2D eigenvalue weighted by atomic mass is 9.71. The largest absolute Gasteiger partial charge is 0.396 e. The molecule has 0 saturated carbocycles. The summed E-state index contributed by atoms with van der Waals surface area (Å²) in [4.78, 5) is 33.9. The van der Waals surface area contributed by atoms with Crippen LogP contribution in [0.3, 0.4) is 0 Å². The van der Waals surface area contributed by atoms with Crippen molar-refractivity contribution in [3.63, 3.8) is 0 Å². The average Bonchev–Trinajstić information content (AvgIpc) is 2.68. The van der Waals surface area contributed by atoms with E-state index in [0.29, 0.717) is 25.7 Å². The topological polar surface area (TPSA) is 91.3 Å². The molecule has 0 aliphatic heterocycles. The number of hydrogen-bond donors (Lipinski definition) is 1. The van der Waals surface area contributed by atoms with Gasteiger partial charge in [-0.1, -0.05) is 74.1 Å². The quantitative estimate of drug-likeness (QED) is 0.140. The van der Waals surface area contributed by atoms with Gasteiger partial charge in [-0.25, -0.2) is 9.59 Å². The van der Waals surface area contributed by atoms with Gasteiger partial charge in [-0.3, -0.25) is 9.78 Å². The fourth-order valence-electron chi connectivity index (χ4n) is 3.75. The van der Waals surface area contributed by atoms with Crippen molar-refractivity contribution in [1.82, 2.24) is 0 Å². The molecule has 196 valence electrons. The van der Waals surface area contributed by atoms with Gasteiger partial charge >= 0.3 is 11.9 Å². The maximum absolute atomic E-state index is 12.8. The van der Waals surface area contributed by atoms with Crippen molar-refractivity contribution < 1.29 is 34.5 Å². The highest BCUT2D eigenvalue weighted by Gasteiger charge is 2.41. The molecular formula is C26H50O7. The Bertz CT molecular complexity index is 548. The predicted molar refractivity (Wildman–Crippen MR) is 128 cm³/mol. The Morgan fingerprint density at radius 2 is 1.27 bits per heavy atom. The van der Waals surface area contributed by atoms with Crippen LogP contribution in [0, 0.1) is 22.2 Å². The summed E-state index contributed by atoms with van der Waals surface area (Å²) >= 11 is 0. The van der Waals surface area contributed by atoms with E-state index in [1.54, 1.807) is 0 Å². The van der Waals surface area contributed by atoms with E-state index >= 15 is 0 Å². The Hall–Kier alpha value is -1.18. The van der Waals surface area contributed by atoms with Crippen molar-refractivity contribution in [3.05, 3.63) is 0 Å². The van der Waals surface area contributed by atoms with Gasteiger partial charge in [0.25, 0.3) is 0 Å². The van der Waals surface area contributed by atoms with Crippen LogP contribution in [0.25, 0.3) is 0 Å². The van der Waals surface area contributed by atoms with E-state index in [9.17, 15) is 9.59 Å². The number of aliphatic hydroxyl groups is 1. The van der Waals surface area contributed by atoms with Gasteiger partial charge in [0.05, 0.1) is 5.41 Å². The Morgan fingerprint density at radius 3 is 1.85 bits per heavy atom. The number of carbonyl (C=O) groups excluding carboxylic acids is 2. The van der Waals surface area contributed by atoms with Gasteiger partial charge in [-0.2, -0.15) is 0 Å². The third-order valence-corrected chi connectivity index (χ3v) is 6.29. The van der Waals surface area contributed by atoms with Gasteiger partial charge in [0.2, 0.25) is 0 Å². The number of unbranched alkanes of at least 4 members (excludes halogenated alkanes) is 3. The van der Waals surface area contributed by atoms with Gasteiger partial charge in [0.1, 0.15) is 0 Å². The van der Waals surface area contributed by atoms with Gasteiger partial charge < -0.3 is 5.11 Å². The third-order valence-electron chi connectivity index (χ3n) is 6.29. The van der Waals surface area contributed by atoms with E-state index in [0.717, 1.165) is 38.5 Å². The van der Waals surface area contributed by atoms with Crippen LogP contribution in [0.15, 0.2) is 0 Å². The highest BCUT2D eigenvalue weighted by molar-refractivity contribution is 5.76. The maximum atomic E-state index is 12.8. The van der Waals surface area contributed by atoms with Crippen LogP contribution in [0.1, 0.15) is 126 Å². The molecule has 0 radical (unpaired) electrons. The van der Waals surface area contributed by atoms with Crippen LogP contribution in [0.2, 0.25) is 0 Å². The average molecular weight is 475 g/mol. The van der Waals surface area contributed by atoms with E-state index in [1.165, 1.54) is 0 Å². The lowest BCUT2D eigenvalue weighted by molar-refractivity contribution is -0.601. The first-order valence-electron chi connectivity index (χ1n) is 12.6.